The quantitative estimate of drug-likeness (QED) is 0.665. The molecule has 0 amide bonds. The molecule has 0 aliphatic carbocycles. The summed E-state index contributed by atoms with van der Waals surface area (Å²) in [6.45, 7) is 12.0. The third-order valence-corrected chi connectivity index (χ3v) is 4.13. The summed E-state index contributed by atoms with van der Waals surface area (Å²) in [6, 6.07) is 0.416. The maximum absolute atomic E-state index is 12.3. The Morgan fingerprint density at radius 3 is 2.71 bits per heavy atom. The second kappa shape index (κ2) is 10.2. The van der Waals surface area contributed by atoms with E-state index in [0.717, 1.165) is 32.5 Å². The summed E-state index contributed by atoms with van der Waals surface area (Å²) in [7, 11) is 0. The molecular formula is C17H34N2O2. The molecule has 0 radical (unpaired) electrons. The Labute approximate surface area is 130 Å². The smallest absolute Gasteiger partial charge is 0.323 e. The van der Waals surface area contributed by atoms with Crippen molar-refractivity contribution in [2.75, 3.05) is 26.2 Å². The summed E-state index contributed by atoms with van der Waals surface area (Å²) >= 11 is 0. The third kappa shape index (κ3) is 6.35. The number of carbonyl (C=O) groups is 1. The van der Waals surface area contributed by atoms with Crippen molar-refractivity contribution in [3.8, 4) is 0 Å². The van der Waals surface area contributed by atoms with Gasteiger partial charge < -0.3 is 10.1 Å². The van der Waals surface area contributed by atoms with Gasteiger partial charge in [-0.3, -0.25) is 9.69 Å². The minimum Gasteiger partial charge on any atom is -0.465 e. The monoisotopic (exact) mass is 298 g/mol. The fourth-order valence-corrected chi connectivity index (χ4v) is 3.12. The van der Waals surface area contributed by atoms with Crippen LogP contribution in [-0.4, -0.2) is 49.2 Å². The van der Waals surface area contributed by atoms with E-state index in [0.29, 0.717) is 18.6 Å². The topological polar surface area (TPSA) is 41.6 Å². The van der Waals surface area contributed by atoms with E-state index >= 15 is 0 Å². The second-order valence-electron chi connectivity index (χ2n) is 6.50. The molecule has 1 heterocycles. The number of hydrogen-bond donors (Lipinski definition) is 1. The van der Waals surface area contributed by atoms with Crippen LogP contribution in [0, 0.1) is 5.92 Å². The van der Waals surface area contributed by atoms with Crippen LogP contribution in [0.25, 0.3) is 0 Å². The van der Waals surface area contributed by atoms with Gasteiger partial charge in [0.2, 0.25) is 0 Å². The molecule has 4 nitrogen and oxygen atoms in total. The number of rotatable bonds is 9. The van der Waals surface area contributed by atoms with Crippen molar-refractivity contribution in [2.45, 2.75) is 71.9 Å². The zero-order valence-electron chi connectivity index (χ0n) is 14.4. The summed E-state index contributed by atoms with van der Waals surface area (Å²) in [5.74, 6) is 0.633. The minimum absolute atomic E-state index is 0.0323. The third-order valence-electron chi connectivity index (χ3n) is 4.13. The molecule has 0 saturated carbocycles. The van der Waals surface area contributed by atoms with Crippen molar-refractivity contribution in [1.82, 2.24) is 10.2 Å². The van der Waals surface area contributed by atoms with Gasteiger partial charge in [0.15, 0.2) is 0 Å². The molecule has 2 atom stereocenters. The fraction of sp³-hybridized carbons (Fsp3) is 0.941. The average Bonchev–Trinajstić information content (AvgIpc) is 2.45. The van der Waals surface area contributed by atoms with Gasteiger partial charge in [-0.1, -0.05) is 33.6 Å². The Balaban J connectivity index is 2.64. The van der Waals surface area contributed by atoms with E-state index in [2.05, 4.69) is 31.0 Å². The lowest BCUT2D eigenvalue weighted by atomic mass is 9.97. The van der Waals surface area contributed by atoms with Crippen LogP contribution >= 0.6 is 0 Å². The lowest BCUT2D eigenvalue weighted by molar-refractivity contribution is -0.151. The van der Waals surface area contributed by atoms with Gasteiger partial charge in [0, 0.05) is 12.6 Å². The van der Waals surface area contributed by atoms with E-state index in [1.54, 1.807) is 0 Å². The molecular weight excluding hydrogens is 264 g/mol. The van der Waals surface area contributed by atoms with Gasteiger partial charge in [0.1, 0.15) is 6.04 Å². The Kier molecular flexibility index (Phi) is 8.93. The summed E-state index contributed by atoms with van der Waals surface area (Å²) < 4.78 is 5.30. The lowest BCUT2D eigenvalue weighted by Crippen LogP contribution is -2.53. The zero-order chi connectivity index (χ0) is 15.7. The first kappa shape index (κ1) is 18.4. The van der Waals surface area contributed by atoms with Crippen LogP contribution in [0.4, 0.5) is 0 Å². The number of esters is 1. The van der Waals surface area contributed by atoms with Gasteiger partial charge in [0.05, 0.1) is 6.61 Å². The number of nitrogens with one attached hydrogen (secondary N) is 1. The van der Waals surface area contributed by atoms with Crippen LogP contribution < -0.4 is 5.32 Å². The molecule has 1 aliphatic rings. The largest absolute Gasteiger partial charge is 0.465 e. The molecule has 0 spiro atoms. The molecule has 1 aliphatic heterocycles. The SMILES string of the molecule is CCCC(C(=O)OCC)N1CCCCC1CNCC(C)C. The van der Waals surface area contributed by atoms with Gasteiger partial charge in [-0.15, -0.1) is 0 Å². The first-order chi connectivity index (χ1) is 10.1. The summed E-state index contributed by atoms with van der Waals surface area (Å²) in [5.41, 5.74) is 0. The number of hydrogen-bond acceptors (Lipinski definition) is 4. The van der Waals surface area contributed by atoms with Crippen LogP contribution in [0.2, 0.25) is 0 Å². The van der Waals surface area contributed by atoms with Gasteiger partial charge in [-0.05, 0) is 45.2 Å². The van der Waals surface area contributed by atoms with Gasteiger partial charge in [-0.2, -0.15) is 0 Å². The maximum atomic E-state index is 12.3. The van der Waals surface area contributed by atoms with E-state index in [1.807, 2.05) is 6.92 Å². The average molecular weight is 298 g/mol. The highest BCUT2D eigenvalue weighted by Crippen LogP contribution is 2.22. The molecule has 1 N–H and O–H groups in total. The predicted molar refractivity (Wildman–Crippen MR) is 87.4 cm³/mol. The summed E-state index contributed by atoms with van der Waals surface area (Å²) in [4.78, 5) is 14.7. The highest BCUT2D eigenvalue weighted by molar-refractivity contribution is 5.75. The van der Waals surface area contributed by atoms with E-state index in [4.69, 9.17) is 4.74 Å². The maximum Gasteiger partial charge on any atom is 0.323 e. The van der Waals surface area contributed by atoms with E-state index in [-0.39, 0.29) is 12.0 Å². The Bertz CT molecular complexity index is 295. The number of ether oxygens (including phenoxy) is 1. The molecule has 1 fully saturated rings. The first-order valence-corrected chi connectivity index (χ1v) is 8.73. The zero-order valence-corrected chi connectivity index (χ0v) is 14.4. The normalized spacial score (nSPS) is 21.5. The van der Waals surface area contributed by atoms with Crippen molar-refractivity contribution in [3.63, 3.8) is 0 Å². The second-order valence-corrected chi connectivity index (χ2v) is 6.50. The highest BCUT2D eigenvalue weighted by Gasteiger charge is 2.33. The molecule has 0 aromatic heterocycles. The van der Waals surface area contributed by atoms with Crippen LogP contribution in [0.1, 0.15) is 59.8 Å². The van der Waals surface area contributed by atoms with E-state index in [9.17, 15) is 4.79 Å². The molecule has 0 bridgehead atoms. The number of carbonyl (C=O) groups excluding carboxylic acids is 1. The molecule has 21 heavy (non-hydrogen) atoms. The van der Waals surface area contributed by atoms with Crippen LogP contribution in [0.3, 0.4) is 0 Å². The lowest BCUT2D eigenvalue weighted by Gasteiger charge is -2.40. The van der Waals surface area contributed by atoms with Gasteiger partial charge in [-0.25, -0.2) is 0 Å². The Morgan fingerprint density at radius 1 is 1.33 bits per heavy atom. The summed E-state index contributed by atoms with van der Waals surface area (Å²) in [5, 5.41) is 3.56. The number of likely N-dealkylation sites (tertiary alicyclic amines) is 1. The fourth-order valence-electron chi connectivity index (χ4n) is 3.12. The molecule has 2 unspecified atom stereocenters. The van der Waals surface area contributed by atoms with Gasteiger partial charge in [0.25, 0.3) is 0 Å². The molecule has 0 aromatic rings. The van der Waals surface area contributed by atoms with E-state index < -0.39 is 0 Å². The van der Waals surface area contributed by atoms with Crippen molar-refractivity contribution in [1.29, 1.82) is 0 Å². The highest BCUT2D eigenvalue weighted by atomic mass is 16.5. The van der Waals surface area contributed by atoms with Gasteiger partial charge >= 0.3 is 5.97 Å². The van der Waals surface area contributed by atoms with Crippen molar-refractivity contribution < 1.29 is 9.53 Å². The van der Waals surface area contributed by atoms with Crippen LogP contribution in [0.15, 0.2) is 0 Å². The number of nitrogens with zero attached hydrogens (tertiary/aromatic N) is 1. The van der Waals surface area contributed by atoms with Crippen LogP contribution in [0.5, 0.6) is 0 Å². The standard InChI is InChI=1S/C17H34N2O2/c1-5-9-16(17(20)21-6-2)19-11-8-7-10-15(19)13-18-12-14(3)4/h14-16,18H,5-13H2,1-4H3. The minimum atomic E-state index is -0.0545. The van der Waals surface area contributed by atoms with Crippen LogP contribution in [-0.2, 0) is 9.53 Å². The molecule has 1 rings (SSSR count). The van der Waals surface area contributed by atoms with Crippen molar-refractivity contribution in [2.24, 2.45) is 5.92 Å². The first-order valence-electron chi connectivity index (χ1n) is 8.73. The van der Waals surface area contributed by atoms with Crippen molar-refractivity contribution >= 4 is 5.97 Å². The Morgan fingerprint density at radius 2 is 2.10 bits per heavy atom. The molecule has 0 aromatic carbocycles. The molecule has 124 valence electrons. The summed E-state index contributed by atoms with van der Waals surface area (Å²) in [6.07, 6.45) is 5.57. The van der Waals surface area contributed by atoms with E-state index in [1.165, 1.54) is 19.3 Å². The Hall–Kier alpha value is -0.610. The number of piperidine rings is 1. The van der Waals surface area contributed by atoms with Crippen molar-refractivity contribution in [3.05, 3.63) is 0 Å². The molecule has 1 saturated heterocycles. The molecule has 4 heteroatoms. The predicted octanol–water partition coefficient (Wildman–Crippen LogP) is 2.82.